The highest BCUT2D eigenvalue weighted by atomic mass is 32.2. The second kappa shape index (κ2) is 12.7. The number of anilines is 2. The Morgan fingerprint density at radius 2 is 1.91 bits per heavy atom. The molecule has 3 aromatic heterocycles. The highest BCUT2D eigenvalue weighted by Crippen LogP contribution is 2.59. The molecule has 250 valence electrons. The average Bonchev–Trinajstić information content (AvgIpc) is 3.55. The summed E-state index contributed by atoms with van der Waals surface area (Å²) < 4.78 is 75.3. The lowest BCUT2D eigenvalue weighted by Gasteiger charge is -2.34. The van der Waals surface area contributed by atoms with E-state index < -0.39 is 27.5 Å². The molecule has 1 unspecified atom stereocenters. The highest BCUT2D eigenvalue weighted by molar-refractivity contribution is 7.90. The number of ether oxygens (including phenoxy) is 1. The standard InChI is InChI=1S/C31H40F3N7O4S/c1-5-6-15-35-24-9-7-22(19-36-24)46(43,44)39-28(42)23-8-10-25(37-27(23)40-20-21(2)18-29(40,3)4)41-16-11-26(38-41)45-17-14-30(12-13-30)31(32,33)34/h7-11,16,19,21H,5-6,12-15,17-18,20H2,1-4H3,(H,35,36)(H,39,42). The number of hydrogen-bond donors (Lipinski definition) is 2. The Morgan fingerprint density at radius 1 is 1.15 bits per heavy atom. The van der Waals surface area contributed by atoms with Crippen LogP contribution in [0.25, 0.3) is 5.82 Å². The Morgan fingerprint density at radius 3 is 2.52 bits per heavy atom. The van der Waals surface area contributed by atoms with E-state index in [1.54, 1.807) is 12.3 Å². The summed E-state index contributed by atoms with van der Waals surface area (Å²) in [5.41, 5.74) is -1.99. The van der Waals surface area contributed by atoms with Crippen LogP contribution < -0.4 is 19.7 Å². The summed E-state index contributed by atoms with van der Waals surface area (Å²) in [6.45, 7) is 9.37. The van der Waals surface area contributed by atoms with Gasteiger partial charge in [-0.2, -0.15) is 13.2 Å². The van der Waals surface area contributed by atoms with Gasteiger partial charge in [0.1, 0.15) is 16.5 Å². The van der Waals surface area contributed by atoms with E-state index >= 15 is 0 Å². The van der Waals surface area contributed by atoms with Gasteiger partial charge in [0, 0.05) is 37.1 Å². The van der Waals surface area contributed by atoms with E-state index in [4.69, 9.17) is 9.72 Å². The summed E-state index contributed by atoms with van der Waals surface area (Å²) in [5, 5.41) is 7.45. The lowest BCUT2D eigenvalue weighted by Crippen LogP contribution is -2.41. The molecule has 1 amide bonds. The molecule has 46 heavy (non-hydrogen) atoms. The van der Waals surface area contributed by atoms with E-state index in [1.807, 2.05) is 18.7 Å². The lowest BCUT2D eigenvalue weighted by atomic mass is 9.97. The third-order valence-electron chi connectivity index (χ3n) is 8.63. The number of carbonyl (C=O) groups is 1. The Labute approximate surface area is 267 Å². The Hall–Kier alpha value is -3.88. The van der Waals surface area contributed by atoms with Gasteiger partial charge in [0.2, 0.25) is 5.88 Å². The van der Waals surface area contributed by atoms with Crippen molar-refractivity contribution in [1.82, 2.24) is 24.5 Å². The zero-order chi connectivity index (χ0) is 33.3. The van der Waals surface area contributed by atoms with Crippen molar-refractivity contribution in [3.63, 3.8) is 0 Å². The molecule has 15 heteroatoms. The molecule has 0 spiro atoms. The summed E-state index contributed by atoms with van der Waals surface area (Å²) in [5.74, 6) is 0.719. The van der Waals surface area contributed by atoms with Gasteiger partial charge in [0.15, 0.2) is 5.82 Å². The van der Waals surface area contributed by atoms with Gasteiger partial charge in [-0.3, -0.25) is 4.79 Å². The quantitative estimate of drug-likeness (QED) is 0.220. The molecule has 0 radical (unpaired) electrons. The van der Waals surface area contributed by atoms with E-state index in [0.29, 0.717) is 24.7 Å². The molecule has 2 aliphatic rings. The third-order valence-corrected chi connectivity index (χ3v) is 9.94. The van der Waals surface area contributed by atoms with E-state index in [-0.39, 0.29) is 59.5 Å². The Kier molecular flexibility index (Phi) is 9.26. The van der Waals surface area contributed by atoms with Crippen molar-refractivity contribution in [3.8, 4) is 11.7 Å². The minimum atomic E-state index is -4.25. The molecule has 5 rings (SSSR count). The first kappa shape index (κ1) is 33.5. The molecule has 3 aromatic rings. The number of unbranched alkanes of at least 4 members (excludes halogenated alkanes) is 1. The van der Waals surface area contributed by atoms with Crippen LogP contribution >= 0.6 is 0 Å². The number of aromatic nitrogens is 4. The summed E-state index contributed by atoms with van der Waals surface area (Å²) in [7, 11) is -4.25. The van der Waals surface area contributed by atoms with Crippen LogP contribution in [0.3, 0.4) is 0 Å². The largest absolute Gasteiger partial charge is 0.477 e. The molecule has 1 atom stereocenters. The molecular formula is C31H40F3N7O4S. The van der Waals surface area contributed by atoms with Crippen molar-refractivity contribution in [3.05, 3.63) is 48.3 Å². The second-order valence-corrected chi connectivity index (χ2v) is 14.5. The molecule has 1 aliphatic carbocycles. The van der Waals surface area contributed by atoms with Crippen LogP contribution in [0.5, 0.6) is 5.88 Å². The van der Waals surface area contributed by atoms with Gasteiger partial charge in [-0.15, -0.1) is 5.10 Å². The topological polar surface area (TPSA) is 131 Å². The van der Waals surface area contributed by atoms with Crippen molar-refractivity contribution >= 4 is 27.6 Å². The normalized spacial score (nSPS) is 18.8. The van der Waals surface area contributed by atoms with Crippen LogP contribution in [0, 0.1) is 11.3 Å². The molecule has 0 aromatic carbocycles. The molecule has 11 nitrogen and oxygen atoms in total. The van der Waals surface area contributed by atoms with Crippen molar-refractivity contribution in [2.24, 2.45) is 11.3 Å². The molecule has 1 saturated heterocycles. The molecule has 1 saturated carbocycles. The molecule has 1 aliphatic heterocycles. The first-order valence-corrected chi connectivity index (χ1v) is 16.9. The predicted molar refractivity (Wildman–Crippen MR) is 167 cm³/mol. The van der Waals surface area contributed by atoms with Crippen LogP contribution in [-0.4, -0.2) is 65.5 Å². The average molecular weight is 664 g/mol. The minimum Gasteiger partial charge on any atom is -0.477 e. The molecule has 2 N–H and O–H groups in total. The van der Waals surface area contributed by atoms with Gasteiger partial charge in [-0.25, -0.2) is 27.8 Å². The van der Waals surface area contributed by atoms with Crippen molar-refractivity contribution in [1.29, 1.82) is 0 Å². The number of hydrogen-bond acceptors (Lipinski definition) is 9. The van der Waals surface area contributed by atoms with E-state index in [0.717, 1.165) is 19.3 Å². The zero-order valence-corrected chi connectivity index (χ0v) is 27.2. The monoisotopic (exact) mass is 663 g/mol. The van der Waals surface area contributed by atoms with E-state index in [1.165, 1.54) is 35.1 Å². The number of nitrogens with zero attached hydrogens (tertiary/aromatic N) is 5. The maximum atomic E-state index is 13.6. The van der Waals surface area contributed by atoms with Crippen LogP contribution in [0.15, 0.2) is 47.6 Å². The van der Waals surface area contributed by atoms with Crippen molar-refractivity contribution in [2.45, 2.75) is 82.8 Å². The van der Waals surface area contributed by atoms with Gasteiger partial charge in [-0.05, 0) is 76.1 Å². The van der Waals surface area contributed by atoms with Gasteiger partial charge in [0.25, 0.3) is 15.9 Å². The maximum Gasteiger partial charge on any atom is 0.394 e. The SMILES string of the molecule is CCCCNc1ccc(S(=O)(=O)NC(=O)c2ccc(-n3ccc(OCCC4(C(F)(F)F)CC4)n3)nc2N2CC(C)CC2(C)C)cn1. The fourth-order valence-electron chi connectivity index (χ4n) is 5.87. The van der Waals surface area contributed by atoms with Crippen LogP contribution in [0.4, 0.5) is 24.8 Å². The van der Waals surface area contributed by atoms with E-state index in [9.17, 15) is 26.4 Å². The highest BCUT2D eigenvalue weighted by Gasteiger charge is 2.62. The first-order valence-electron chi connectivity index (χ1n) is 15.5. The summed E-state index contributed by atoms with van der Waals surface area (Å²) >= 11 is 0. The lowest BCUT2D eigenvalue weighted by molar-refractivity contribution is -0.190. The van der Waals surface area contributed by atoms with Crippen LogP contribution in [0.1, 0.15) is 76.6 Å². The number of rotatable bonds is 13. The molecule has 4 heterocycles. The fourth-order valence-corrected chi connectivity index (χ4v) is 6.78. The number of pyridine rings is 2. The zero-order valence-electron chi connectivity index (χ0n) is 26.4. The number of halogens is 3. The predicted octanol–water partition coefficient (Wildman–Crippen LogP) is 5.73. The summed E-state index contributed by atoms with van der Waals surface area (Å²) in [6.07, 6.45) is 1.34. The number of alkyl halides is 3. The Balaban J connectivity index is 1.36. The van der Waals surface area contributed by atoms with E-state index in [2.05, 4.69) is 34.0 Å². The molecule has 2 fully saturated rings. The number of amides is 1. The fraction of sp³-hybridized carbons (Fsp3) is 0.548. The van der Waals surface area contributed by atoms with Crippen LogP contribution in [0.2, 0.25) is 0 Å². The second-order valence-electron chi connectivity index (χ2n) is 12.8. The Bertz CT molecular complexity index is 1650. The first-order chi connectivity index (χ1) is 21.6. The van der Waals surface area contributed by atoms with Gasteiger partial charge in [-0.1, -0.05) is 20.3 Å². The van der Waals surface area contributed by atoms with Crippen molar-refractivity contribution in [2.75, 3.05) is 29.9 Å². The third kappa shape index (κ3) is 7.24. The number of carbonyl (C=O) groups excluding carboxylic acids is 1. The maximum absolute atomic E-state index is 13.6. The number of sulfonamides is 1. The molecular weight excluding hydrogens is 623 g/mol. The van der Waals surface area contributed by atoms with Gasteiger partial charge in [0.05, 0.1) is 17.6 Å². The van der Waals surface area contributed by atoms with Crippen molar-refractivity contribution < 1.29 is 31.1 Å². The number of nitrogens with one attached hydrogen (secondary N) is 2. The summed E-state index contributed by atoms with van der Waals surface area (Å²) in [6, 6.07) is 7.48. The smallest absolute Gasteiger partial charge is 0.394 e. The summed E-state index contributed by atoms with van der Waals surface area (Å²) in [4.78, 5) is 24.3. The van der Waals surface area contributed by atoms with Crippen LogP contribution in [-0.2, 0) is 10.0 Å². The minimum absolute atomic E-state index is 0.0609. The van der Waals surface area contributed by atoms with Gasteiger partial charge < -0.3 is 15.0 Å². The van der Waals surface area contributed by atoms with Gasteiger partial charge >= 0.3 is 6.18 Å². The molecule has 0 bridgehead atoms.